The Labute approximate surface area is 133 Å². The van der Waals surface area contributed by atoms with Crippen LogP contribution in [0.1, 0.15) is 5.56 Å². The molecule has 1 heterocycles. The molecule has 0 aliphatic heterocycles. The predicted octanol–water partition coefficient (Wildman–Crippen LogP) is 5.00. The summed E-state index contributed by atoms with van der Waals surface area (Å²) >= 11 is 7.09. The molecule has 0 N–H and O–H groups in total. The minimum absolute atomic E-state index is 0.719. The number of ether oxygens (including phenoxy) is 1. The van der Waals surface area contributed by atoms with Crippen LogP contribution >= 0.6 is 23.6 Å². The van der Waals surface area contributed by atoms with Crippen LogP contribution < -0.4 is 4.74 Å². The van der Waals surface area contributed by atoms with Crippen LogP contribution in [0.2, 0.25) is 0 Å². The third-order valence-electron chi connectivity index (χ3n) is 3.37. The molecule has 3 aromatic rings. The lowest BCUT2D eigenvalue weighted by Gasteiger charge is -2.12. The number of nitrogens with zero attached hydrogens (tertiary/aromatic N) is 1. The van der Waals surface area contributed by atoms with Crippen molar-refractivity contribution >= 4 is 23.6 Å². The summed E-state index contributed by atoms with van der Waals surface area (Å²) in [6, 6.07) is 18.4. The van der Waals surface area contributed by atoms with Gasteiger partial charge < -0.3 is 9.30 Å². The Morgan fingerprint density at radius 3 is 2.52 bits per heavy atom. The maximum atomic E-state index is 5.49. The molecule has 2 nitrogen and oxygen atoms in total. The van der Waals surface area contributed by atoms with E-state index in [1.54, 1.807) is 18.4 Å². The third-order valence-corrected chi connectivity index (χ3v) is 4.65. The van der Waals surface area contributed by atoms with E-state index >= 15 is 0 Å². The monoisotopic (exact) mass is 313 g/mol. The second-order valence-corrected chi connectivity index (χ2v) is 6.15. The van der Waals surface area contributed by atoms with Gasteiger partial charge in [0.05, 0.1) is 19.3 Å². The minimum atomic E-state index is 0.719. The minimum Gasteiger partial charge on any atom is -0.496 e. The highest BCUT2D eigenvalue weighted by Gasteiger charge is 2.09. The second kappa shape index (κ2) is 6.24. The molecule has 0 radical (unpaired) electrons. The molecule has 2 aromatic carbocycles. The van der Waals surface area contributed by atoms with Gasteiger partial charge in [-0.15, -0.1) is 11.3 Å². The first-order valence-electron chi connectivity index (χ1n) is 6.65. The molecular formula is C17H15NOS2. The zero-order valence-electron chi connectivity index (χ0n) is 11.7. The van der Waals surface area contributed by atoms with E-state index in [-0.39, 0.29) is 0 Å². The van der Waals surface area contributed by atoms with Gasteiger partial charge in [0.25, 0.3) is 0 Å². The van der Waals surface area contributed by atoms with E-state index in [2.05, 4.69) is 28.1 Å². The SMILES string of the molecule is COc1ccccc1Cn1c(-c2ccccc2)csc1=S. The Bertz CT molecular complexity index is 790. The molecule has 4 heteroatoms. The van der Waals surface area contributed by atoms with Gasteiger partial charge in [0.2, 0.25) is 0 Å². The second-order valence-electron chi connectivity index (χ2n) is 4.65. The largest absolute Gasteiger partial charge is 0.496 e. The Hall–Kier alpha value is -1.91. The van der Waals surface area contributed by atoms with Gasteiger partial charge in [0, 0.05) is 10.9 Å². The zero-order valence-corrected chi connectivity index (χ0v) is 13.3. The topological polar surface area (TPSA) is 14.2 Å². The summed E-state index contributed by atoms with van der Waals surface area (Å²) in [6.07, 6.45) is 0. The summed E-state index contributed by atoms with van der Waals surface area (Å²) in [7, 11) is 1.70. The first-order valence-corrected chi connectivity index (χ1v) is 7.94. The predicted molar refractivity (Wildman–Crippen MR) is 90.7 cm³/mol. The van der Waals surface area contributed by atoms with Crippen molar-refractivity contribution in [3.63, 3.8) is 0 Å². The molecule has 0 bridgehead atoms. The molecule has 3 rings (SSSR count). The lowest BCUT2D eigenvalue weighted by atomic mass is 10.1. The quantitative estimate of drug-likeness (QED) is 0.629. The average molecular weight is 313 g/mol. The molecule has 0 aliphatic rings. The first-order chi connectivity index (χ1) is 10.3. The highest BCUT2D eigenvalue weighted by atomic mass is 32.1. The smallest absolute Gasteiger partial charge is 0.161 e. The van der Waals surface area contributed by atoms with E-state index in [0.717, 1.165) is 27.5 Å². The average Bonchev–Trinajstić information content (AvgIpc) is 2.90. The van der Waals surface area contributed by atoms with Crippen molar-refractivity contribution in [2.75, 3.05) is 7.11 Å². The highest BCUT2D eigenvalue weighted by Crippen LogP contribution is 2.27. The van der Waals surface area contributed by atoms with E-state index < -0.39 is 0 Å². The zero-order chi connectivity index (χ0) is 14.7. The van der Waals surface area contributed by atoms with Crippen LogP contribution in [0.25, 0.3) is 11.3 Å². The van der Waals surface area contributed by atoms with Crippen LogP contribution in [0.5, 0.6) is 5.75 Å². The van der Waals surface area contributed by atoms with Crippen molar-refractivity contribution in [1.82, 2.24) is 4.57 Å². The van der Waals surface area contributed by atoms with E-state index in [9.17, 15) is 0 Å². The highest BCUT2D eigenvalue weighted by molar-refractivity contribution is 7.73. The van der Waals surface area contributed by atoms with E-state index in [1.165, 1.54) is 5.56 Å². The normalized spacial score (nSPS) is 10.5. The molecule has 0 spiro atoms. The van der Waals surface area contributed by atoms with Crippen molar-refractivity contribution in [3.05, 3.63) is 69.5 Å². The fraction of sp³-hybridized carbons (Fsp3) is 0.118. The van der Waals surface area contributed by atoms with Crippen molar-refractivity contribution in [1.29, 1.82) is 0 Å². The van der Waals surface area contributed by atoms with Gasteiger partial charge in [0.15, 0.2) is 3.95 Å². The molecule has 0 amide bonds. The van der Waals surface area contributed by atoms with Crippen molar-refractivity contribution in [2.24, 2.45) is 0 Å². The number of aromatic nitrogens is 1. The van der Waals surface area contributed by atoms with Gasteiger partial charge in [-0.3, -0.25) is 0 Å². The Morgan fingerprint density at radius 2 is 1.76 bits per heavy atom. The number of benzene rings is 2. The van der Waals surface area contributed by atoms with Gasteiger partial charge in [-0.25, -0.2) is 0 Å². The van der Waals surface area contributed by atoms with Gasteiger partial charge in [-0.1, -0.05) is 48.5 Å². The van der Waals surface area contributed by atoms with Gasteiger partial charge in [0.1, 0.15) is 5.75 Å². The summed E-state index contributed by atoms with van der Waals surface area (Å²) < 4.78 is 8.47. The molecule has 0 saturated heterocycles. The van der Waals surface area contributed by atoms with Gasteiger partial charge in [-0.2, -0.15) is 0 Å². The van der Waals surface area contributed by atoms with Crippen LogP contribution in [-0.2, 0) is 6.54 Å². The van der Waals surface area contributed by atoms with Crippen LogP contribution in [0.15, 0.2) is 60.0 Å². The molecule has 0 fully saturated rings. The summed E-state index contributed by atoms with van der Waals surface area (Å²) in [5.74, 6) is 0.893. The van der Waals surface area contributed by atoms with E-state index in [1.807, 2.05) is 36.4 Å². The van der Waals surface area contributed by atoms with Crippen molar-refractivity contribution in [3.8, 4) is 17.0 Å². The summed E-state index contributed by atoms with van der Waals surface area (Å²) in [5.41, 5.74) is 3.46. The number of methoxy groups -OCH3 is 1. The molecule has 0 saturated carbocycles. The number of hydrogen-bond acceptors (Lipinski definition) is 3. The standard InChI is InChI=1S/C17H15NOS2/c1-19-16-10-6-5-9-14(16)11-18-15(12-21-17(18)20)13-7-3-2-4-8-13/h2-10,12H,11H2,1H3. The molecule has 0 atom stereocenters. The maximum Gasteiger partial charge on any atom is 0.161 e. The van der Waals surface area contributed by atoms with Gasteiger partial charge >= 0.3 is 0 Å². The lowest BCUT2D eigenvalue weighted by Crippen LogP contribution is -2.03. The van der Waals surface area contributed by atoms with Crippen LogP contribution in [0, 0.1) is 3.95 Å². The van der Waals surface area contributed by atoms with Gasteiger partial charge in [-0.05, 0) is 23.8 Å². The van der Waals surface area contributed by atoms with E-state index in [0.29, 0.717) is 0 Å². The Morgan fingerprint density at radius 1 is 1.05 bits per heavy atom. The molecule has 1 aromatic heterocycles. The number of hydrogen-bond donors (Lipinski definition) is 0. The van der Waals surface area contributed by atoms with Crippen LogP contribution in [0.4, 0.5) is 0 Å². The third kappa shape index (κ3) is 2.91. The fourth-order valence-electron chi connectivity index (χ4n) is 2.32. The molecule has 0 aliphatic carbocycles. The Balaban J connectivity index is 2.04. The number of para-hydroxylation sites is 1. The molecule has 106 valence electrons. The lowest BCUT2D eigenvalue weighted by molar-refractivity contribution is 0.408. The van der Waals surface area contributed by atoms with Crippen LogP contribution in [0.3, 0.4) is 0 Å². The van der Waals surface area contributed by atoms with Crippen molar-refractivity contribution in [2.45, 2.75) is 6.54 Å². The summed E-state index contributed by atoms with van der Waals surface area (Å²) in [5, 5.41) is 2.12. The molecular weight excluding hydrogens is 298 g/mol. The number of thiazole rings is 1. The maximum absolute atomic E-state index is 5.49. The number of rotatable bonds is 4. The van der Waals surface area contributed by atoms with Crippen LogP contribution in [-0.4, -0.2) is 11.7 Å². The first kappa shape index (κ1) is 14.0. The summed E-state index contributed by atoms with van der Waals surface area (Å²) in [4.78, 5) is 0. The summed E-state index contributed by atoms with van der Waals surface area (Å²) in [6.45, 7) is 0.719. The van der Waals surface area contributed by atoms with Crippen molar-refractivity contribution < 1.29 is 4.74 Å². The van der Waals surface area contributed by atoms with E-state index in [4.69, 9.17) is 17.0 Å². The fourth-order valence-corrected chi connectivity index (χ4v) is 3.39. The Kier molecular flexibility index (Phi) is 4.18. The molecule has 21 heavy (non-hydrogen) atoms. The molecule has 0 unspecified atom stereocenters.